The molecule has 10 heteroatoms. The number of hydrogen-bond donors (Lipinski definition) is 0. The first-order valence-electron chi connectivity index (χ1n) is 4.05. The molecule has 0 aromatic rings. The van der Waals surface area contributed by atoms with Crippen molar-refractivity contribution in [3.8, 4) is 0 Å². The summed E-state index contributed by atoms with van der Waals surface area (Å²) in [5.41, 5.74) is 0. The van der Waals surface area contributed by atoms with E-state index >= 15 is 0 Å². The van der Waals surface area contributed by atoms with Gasteiger partial charge in [-0.1, -0.05) is 0 Å². The second kappa shape index (κ2) is 16.1. The Balaban J connectivity index is -0.0000000980. The van der Waals surface area contributed by atoms with Gasteiger partial charge in [0.15, 0.2) is 0 Å². The molecule has 0 saturated heterocycles. The molecule has 0 N–H and O–H groups in total. The summed E-state index contributed by atoms with van der Waals surface area (Å²) in [7, 11) is 0. The predicted octanol–water partition coefficient (Wildman–Crippen LogP) is -5.47. The van der Waals surface area contributed by atoms with E-state index in [1.165, 1.54) is 0 Å². The molecule has 0 aromatic carbocycles. The van der Waals surface area contributed by atoms with Crippen molar-refractivity contribution in [3.05, 3.63) is 0 Å². The van der Waals surface area contributed by atoms with Crippen LogP contribution in [0.1, 0.15) is 25.7 Å². The third kappa shape index (κ3) is 36.2. The zero-order valence-corrected chi connectivity index (χ0v) is 15.4. The normalized spacial score (nSPS) is 7.56. The topological polar surface area (TPSA) is 161 Å². The summed E-state index contributed by atoms with van der Waals surface area (Å²) in [5.74, 6) is -5.47. The fraction of sp³-hybridized carbons (Fsp3) is 0.500. The molecule has 0 heterocycles. The molecule has 0 atom stereocenters. The second-order valence-electron chi connectivity index (χ2n) is 2.49. The minimum absolute atomic E-state index is 0. The quantitative estimate of drug-likeness (QED) is 0.423. The molecule has 0 amide bonds. The molecule has 92 valence electrons. The number of hydrogen-bond acceptors (Lipinski definition) is 8. The molecular formula is C8H8O8Zn2. The van der Waals surface area contributed by atoms with Crippen LogP contribution in [0.4, 0.5) is 0 Å². The molecule has 0 unspecified atom stereocenters. The van der Waals surface area contributed by atoms with Crippen molar-refractivity contribution in [3.63, 3.8) is 0 Å². The molecule has 0 rings (SSSR count). The Morgan fingerprint density at radius 2 is 0.611 bits per heavy atom. The van der Waals surface area contributed by atoms with Gasteiger partial charge in [-0.3, -0.25) is 0 Å². The van der Waals surface area contributed by atoms with Crippen LogP contribution in [0.3, 0.4) is 0 Å². The van der Waals surface area contributed by atoms with Gasteiger partial charge in [0.25, 0.3) is 0 Å². The van der Waals surface area contributed by atoms with Crippen molar-refractivity contribution < 1.29 is 78.6 Å². The van der Waals surface area contributed by atoms with Gasteiger partial charge in [-0.25, -0.2) is 0 Å². The smallest absolute Gasteiger partial charge is 0.550 e. The van der Waals surface area contributed by atoms with Crippen LogP contribution in [0.5, 0.6) is 0 Å². The number of aliphatic carboxylic acids is 4. The van der Waals surface area contributed by atoms with Crippen LogP contribution in [0.2, 0.25) is 0 Å². The van der Waals surface area contributed by atoms with E-state index in [0.29, 0.717) is 0 Å². The largest absolute Gasteiger partial charge is 2.00 e. The maximum atomic E-state index is 9.50. The molecule has 0 bridgehead atoms. The Bertz CT molecular complexity index is 222. The first kappa shape index (κ1) is 25.8. The van der Waals surface area contributed by atoms with E-state index in [-0.39, 0.29) is 39.0 Å². The third-order valence-corrected chi connectivity index (χ3v) is 1.07. The Morgan fingerprint density at radius 3 is 0.667 bits per heavy atom. The molecule has 0 aliphatic rings. The van der Waals surface area contributed by atoms with Gasteiger partial charge in [-0.05, 0) is 25.7 Å². The maximum Gasteiger partial charge on any atom is 2.00 e. The van der Waals surface area contributed by atoms with Crippen LogP contribution in [0.25, 0.3) is 0 Å². The van der Waals surface area contributed by atoms with Crippen LogP contribution in [-0.4, -0.2) is 23.9 Å². The maximum absolute atomic E-state index is 9.50. The Morgan fingerprint density at radius 1 is 0.500 bits per heavy atom. The zero-order chi connectivity index (χ0) is 13.1. The molecule has 0 fully saturated rings. The van der Waals surface area contributed by atoms with E-state index in [1.807, 2.05) is 0 Å². The summed E-state index contributed by atoms with van der Waals surface area (Å²) in [6.45, 7) is 0. The average Bonchev–Trinajstić information content (AvgIpc) is 2.12. The van der Waals surface area contributed by atoms with Gasteiger partial charge >= 0.3 is 39.0 Å². The predicted molar refractivity (Wildman–Crippen MR) is 38.5 cm³/mol. The van der Waals surface area contributed by atoms with Crippen molar-refractivity contribution in [1.29, 1.82) is 0 Å². The minimum Gasteiger partial charge on any atom is -0.550 e. The van der Waals surface area contributed by atoms with Crippen molar-refractivity contribution in [2.24, 2.45) is 0 Å². The third-order valence-electron chi connectivity index (χ3n) is 1.07. The van der Waals surface area contributed by atoms with E-state index in [9.17, 15) is 39.6 Å². The van der Waals surface area contributed by atoms with E-state index in [4.69, 9.17) is 0 Å². The Kier molecular flexibility index (Phi) is 23.2. The first-order valence-corrected chi connectivity index (χ1v) is 4.05. The number of carboxylic acid groups (broad SMARTS) is 4. The van der Waals surface area contributed by atoms with Gasteiger partial charge in [-0.15, -0.1) is 0 Å². The van der Waals surface area contributed by atoms with Crippen molar-refractivity contribution in [1.82, 2.24) is 0 Å². The van der Waals surface area contributed by atoms with E-state index < -0.39 is 49.6 Å². The fourth-order valence-corrected chi connectivity index (χ4v) is 0.408. The summed E-state index contributed by atoms with van der Waals surface area (Å²) in [6.07, 6.45) is -1.88. The Hall–Kier alpha value is -0.873. The van der Waals surface area contributed by atoms with Crippen LogP contribution < -0.4 is 20.4 Å². The summed E-state index contributed by atoms with van der Waals surface area (Å²) in [4.78, 5) is 38.0. The van der Waals surface area contributed by atoms with Crippen LogP contribution in [0, 0.1) is 0 Å². The average molecular weight is 363 g/mol. The van der Waals surface area contributed by atoms with Crippen LogP contribution in [-0.2, 0) is 58.1 Å². The molecular weight excluding hydrogens is 355 g/mol. The molecule has 0 aliphatic heterocycles. The number of carboxylic acids is 4. The van der Waals surface area contributed by atoms with Crippen molar-refractivity contribution >= 4 is 23.9 Å². The molecule has 0 aromatic heterocycles. The molecule has 0 radical (unpaired) electrons. The zero-order valence-electron chi connectivity index (χ0n) is 9.51. The SMILES string of the molecule is O=C([O-])CCC(=O)[O-].O=C([O-])CCC(=O)[O-].[Zn+2].[Zn+2]. The standard InChI is InChI=1S/2C4H6O4.2Zn/c2*5-3(6)1-2-4(7)8;;/h2*1-2H2,(H,5,6)(H,7,8);;/q;;2*+2/p-4. The van der Waals surface area contributed by atoms with Gasteiger partial charge in [0, 0.05) is 23.9 Å². The fourth-order valence-electron chi connectivity index (χ4n) is 0.408. The number of carbonyl (C=O) groups excluding carboxylic acids is 4. The van der Waals surface area contributed by atoms with Gasteiger partial charge in [0.1, 0.15) is 0 Å². The summed E-state index contributed by atoms with van der Waals surface area (Å²) in [5, 5.41) is 38.0. The second-order valence-corrected chi connectivity index (χ2v) is 2.49. The van der Waals surface area contributed by atoms with Crippen LogP contribution in [0.15, 0.2) is 0 Å². The molecule has 0 spiro atoms. The van der Waals surface area contributed by atoms with E-state index in [2.05, 4.69) is 0 Å². The summed E-state index contributed by atoms with van der Waals surface area (Å²) in [6, 6.07) is 0. The monoisotopic (exact) mass is 360 g/mol. The molecule has 8 nitrogen and oxygen atoms in total. The molecule has 0 saturated carbocycles. The van der Waals surface area contributed by atoms with Crippen molar-refractivity contribution in [2.75, 3.05) is 0 Å². The molecule has 0 aliphatic carbocycles. The van der Waals surface area contributed by atoms with Crippen molar-refractivity contribution in [2.45, 2.75) is 25.7 Å². The Labute approximate surface area is 128 Å². The molecule has 18 heavy (non-hydrogen) atoms. The number of rotatable bonds is 6. The van der Waals surface area contributed by atoms with E-state index in [0.717, 1.165) is 0 Å². The van der Waals surface area contributed by atoms with Gasteiger partial charge in [0.2, 0.25) is 0 Å². The number of carbonyl (C=O) groups is 4. The van der Waals surface area contributed by atoms with E-state index in [1.54, 1.807) is 0 Å². The summed E-state index contributed by atoms with van der Waals surface area (Å²) < 4.78 is 0. The van der Waals surface area contributed by atoms with Gasteiger partial charge < -0.3 is 39.6 Å². The minimum atomic E-state index is -1.37. The van der Waals surface area contributed by atoms with Gasteiger partial charge in [-0.2, -0.15) is 0 Å². The van der Waals surface area contributed by atoms with Crippen LogP contribution >= 0.6 is 0 Å². The summed E-state index contributed by atoms with van der Waals surface area (Å²) >= 11 is 0. The first-order chi connectivity index (χ1) is 7.25. The van der Waals surface area contributed by atoms with Gasteiger partial charge in [0.05, 0.1) is 0 Å².